The van der Waals surface area contributed by atoms with Crippen molar-refractivity contribution in [1.29, 1.82) is 0 Å². The molecule has 170 valence electrons. The number of quaternary nitrogens is 1. The van der Waals surface area contributed by atoms with Crippen molar-refractivity contribution >= 4 is 17.7 Å². The van der Waals surface area contributed by atoms with Crippen molar-refractivity contribution in [2.45, 2.75) is 33.6 Å². The highest BCUT2D eigenvalue weighted by atomic mass is 16.2. The summed E-state index contributed by atoms with van der Waals surface area (Å²) < 4.78 is 0. The molecule has 32 heavy (non-hydrogen) atoms. The summed E-state index contributed by atoms with van der Waals surface area (Å²) in [6.07, 6.45) is 4.33. The molecule has 0 radical (unpaired) electrons. The van der Waals surface area contributed by atoms with Crippen molar-refractivity contribution in [2.24, 2.45) is 5.92 Å². The maximum Gasteiger partial charge on any atom is 0.226 e. The first-order chi connectivity index (χ1) is 15.5. The SMILES string of the molecule is C/C(=C\c1ccccc1)C[NH+]1CCC(C(=O)N2CCN(c3cccc(C)c3C)CC2)CC1. The zero-order valence-electron chi connectivity index (χ0n) is 19.9. The lowest BCUT2D eigenvalue weighted by atomic mass is 9.94. The Morgan fingerprint density at radius 3 is 2.34 bits per heavy atom. The van der Waals surface area contributed by atoms with Crippen LogP contribution in [0.15, 0.2) is 54.1 Å². The van der Waals surface area contributed by atoms with E-state index in [-0.39, 0.29) is 5.92 Å². The summed E-state index contributed by atoms with van der Waals surface area (Å²) in [7, 11) is 0. The zero-order chi connectivity index (χ0) is 22.5. The van der Waals surface area contributed by atoms with E-state index in [9.17, 15) is 4.79 Å². The van der Waals surface area contributed by atoms with Crippen molar-refractivity contribution in [3.05, 3.63) is 70.8 Å². The van der Waals surface area contributed by atoms with Crippen LogP contribution < -0.4 is 9.80 Å². The van der Waals surface area contributed by atoms with Gasteiger partial charge in [0, 0.05) is 50.6 Å². The van der Waals surface area contributed by atoms with Crippen molar-refractivity contribution in [1.82, 2.24) is 4.90 Å². The lowest BCUT2D eigenvalue weighted by Crippen LogP contribution is -3.13. The van der Waals surface area contributed by atoms with Crippen LogP contribution in [0.4, 0.5) is 5.69 Å². The fraction of sp³-hybridized carbons (Fsp3) is 0.464. The van der Waals surface area contributed by atoms with Crippen LogP contribution in [0.25, 0.3) is 6.08 Å². The van der Waals surface area contributed by atoms with E-state index in [2.05, 4.69) is 85.2 Å². The molecule has 2 aliphatic heterocycles. The van der Waals surface area contributed by atoms with Gasteiger partial charge < -0.3 is 14.7 Å². The van der Waals surface area contributed by atoms with Crippen molar-refractivity contribution in [3.8, 4) is 0 Å². The third kappa shape index (κ3) is 5.42. The highest BCUT2D eigenvalue weighted by Crippen LogP contribution is 2.24. The lowest BCUT2D eigenvalue weighted by molar-refractivity contribution is -0.901. The van der Waals surface area contributed by atoms with E-state index in [0.29, 0.717) is 5.91 Å². The van der Waals surface area contributed by atoms with Gasteiger partial charge in [-0.3, -0.25) is 4.79 Å². The van der Waals surface area contributed by atoms with Crippen LogP contribution in [0.3, 0.4) is 0 Å². The summed E-state index contributed by atoms with van der Waals surface area (Å²) >= 11 is 0. The van der Waals surface area contributed by atoms with E-state index in [1.165, 1.54) is 28.0 Å². The average Bonchev–Trinajstić information content (AvgIpc) is 2.82. The quantitative estimate of drug-likeness (QED) is 0.785. The maximum absolute atomic E-state index is 13.2. The van der Waals surface area contributed by atoms with Crippen LogP contribution >= 0.6 is 0 Å². The summed E-state index contributed by atoms with van der Waals surface area (Å²) in [6.45, 7) is 13.4. The Morgan fingerprint density at radius 1 is 0.969 bits per heavy atom. The Morgan fingerprint density at radius 2 is 1.66 bits per heavy atom. The molecule has 2 heterocycles. The first kappa shape index (κ1) is 22.6. The zero-order valence-corrected chi connectivity index (χ0v) is 19.9. The molecular weight excluding hydrogens is 394 g/mol. The highest BCUT2D eigenvalue weighted by Gasteiger charge is 2.32. The number of carbonyl (C=O) groups excluding carboxylic acids is 1. The van der Waals surface area contributed by atoms with Crippen LogP contribution in [-0.4, -0.2) is 56.6 Å². The number of anilines is 1. The summed E-state index contributed by atoms with van der Waals surface area (Å²) in [6, 6.07) is 17.1. The number of rotatable bonds is 5. The molecule has 4 heteroatoms. The van der Waals surface area contributed by atoms with Gasteiger partial charge in [0.15, 0.2) is 0 Å². The third-order valence-corrected chi connectivity index (χ3v) is 7.29. The van der Waals surface area contributed by atoms with Crippen LogP contribution in [0.5, 0.6) is 0 Å². The number of nitrogens with zero attached hydrogens (tertiary/aromatic N) is 2. The van der Waals surface area contributed by atoms with Crippen LogP contribution in [0.2, 0.25) is 0 Å². The van der Waals surface area contributed by atoms with Gasteiger partial charge in [0.25, 0.3) is 0 Å². The number of aryl methyl sites for hydroxylation is 1. The molecule has 2 fully saturated rings. The third-order valence-electron chi connectivity index (χ3n) is 7.29. The number of carbonyl (C=O) groups is 1. The molecule has 0 spiro atoms. The number of amides is 1. The van der Waals surface area contributed by atoms with Crippen LogP contribution in [-0.2, 0) is 4.79 Å². The van der Waals surface area contributed by atoms with Gasteiger partial charge >= 0.3 is 0 Å². The predicted octanol–water partition coefficient (Wildman–Crippen LogP) is 3.35. The van der Waals surface area contributed by atoms with Crippen LogP contribution in [0.1, 0.15) is 36.5 Å². The number of likely N-dealkylation sites (tertiary alicyclic amines) is 1. The van der Waals surface area contributed by atoms with E-state index >= 15 is 0 Å². The topological polar surface area (TPSA) is 28.0 Å². The van der Waals surface area contributed by atoms with Gasteiger partial charge in [0.1, 0.15) is 0 Å². The molecule has 2 aliphatic rings. The monoisotopic (exact) mass is 432 g/mol. The second-order valence-corrected chi connectivity index (χ2v) is 9.63. The molecular formula is C28H38N3O+. The maximum atomic E-state index is 13.2. The second-order valence-electron chi connectivity index (χ2n) is 9.63. The van der Waals surface area contributed by atoms with Gasteiger partial charge in [0.05, 0.1) is 19.6 Å². The molecule has 0 atom stereocenters. The molecule has 0 saturated carbocycles. The van der Waals surface area contributed by atoms with Gasteiger partial charge in [-0.15, -0.1) is 0 Å². The largest absolute Gasteiger partial charge is 0.368 e. The first-order valence-corrected chi connectivity index (χ1v) is 12.2. The van der Waals surface area contributed by atoms with Crippen molar-refractivity contribution in [3.63, 3.8) is 0 Å². The molecule has 2 aromatic rings. The number of hydrogen-bond acceptors (Lipinski definition) is 2. The molecule has 0 unspecified atom stereocenters. The Bertz CT molecular complexity index is 936. The average molecular weight is 433 g/mol. The number of piperidine rings is 1. The Balaban J connectivity index is 1.24. The van der Waals surface area contributed by atoms with Gasteiger partial charge in [-0.25, -0.2) is 0 Å². The summed E-state index contributed by atoms with van der Waals surface area (Å²) in [5.74, 6) is 0.602. The fourth-order valence-corrected chi connectivity index (χ4v) is 5.23. The number of nitrogens with one attached hydrogen (secondary N) is 1. The molecule has 0 aromatic heterocycles. The summed E-state index contributed by atoms with van der Waals surface area (Å²) in [5, 5.41) is 0. The standard InChI is InChI=1S/C28H37N3O/c1-22(20-25-9-5-4-6-10-25)21-29-14-12-26(13-15-29)28(32)31-18-16-30(17-19-31)27-11-7-8-23(2)24(27)3/h4-11,20,26H,12-19,21H2,1-3H3/p+1/b22-20+. The van der Waals surface area contributed by atoms with E-state index in [4.69, 9.17) is 0 Å². The molecule has 1 amide bonds. The van der Waals surface area contributed by atoms with Gasteiger partial charge in [-0.05, 0) is 49.1 Å². The van der Waals surface area contributed by atoms with Gasteiger partial charge in [-0.1, -0.05) is 48.5 Å². The molecule has 4 nitrogen and oxygen atoms in total. The molecule has 0 bridgehead atoms. The Kier molecular flexibility index (Phi) is 7.31. The number of hydrogen-bond donors (Lipinski definition) is 1. The van der Waals surface area contributed by atoms with E-state index in [0.717, 1.165) is 58.7 Å². The van der Waals surface area contributed by atoms with Gasteiger partial charge in [-0.2, -0.15) is 0 Å². The second kappa shape index (κ2) is 10.4. The molecule has 0 aliphatic carbocycles. The smallest absolute Gasteiger partial charge is 0.226 e. The summed E-state index contributed by atoms with van der Waals surface area (Å²) in [4.78, 5) is 19.4. The molecule has 2 aromatic carbocycles. The van der Waals surface area contributed by atoms with E-state index in [1.54, 1.807) is 4.90 Å². The molecule has 2 saturated heterocycles. The minimum Gasteiger partial charge on any atom is -0.368 e. The number of benzene rings is 2. The molecule has 4 rings (SSSR count). The minimum atomic E-state index is 0.212. The predicted molar refractivity (Wildman–Crippen MR) is 133 cm³/mol. The van der Waals surface area contributed by atoms with Crippen molar-refractivity contribution < 1.29 is 9.69 Å². The summed E-state index contributed by atoms with van der Waals surface area (Å²) in [5.41, 5.74) is 6.71. The van der Waals surface area contributed by atoms with E-state index in [1.807, 2.05) is 0 Å². The minimum absolute atomic E-state index is 0.212. The highest BCUT2D eigenvalue weighted by molar-refractivity contribution is 5.79. The van der Waals surface area contributed by atoms with Gasteiger partial charge in [0.2, 0.25) is 5.91 Å². The van der Waals surface area contributed by atoms with E-state index < -0.39 is 0 Å². The number of piperazine rings is 1. The fourth-order valence-electron chi connectivity index (χ4n) is 5.23. The Hall–Kier alpha value is -2.59. The van der Waals surface area contributed by atoms with Crippen molar-refractivity contribution in [2.75, 3.05) is 50.7 Å². The Labute approximate surface area is 193 Å². The lowest BCUT2D eigenvalue weighted by Gasteiger charge is -2.39. The first-order valence-electron chi connectivity index (χ1n) is 12.2. The normalized spacial score (nSPS) is 22.2. The van der Waals surface area contributed by atoms with Crippen LogP contribution in [0, 0.1) is 19.8 Å². The molecule has 1 N–H and O–H groups in total.